The predicted octanol–water partition coefficient (Wildman–Crippen LogP) is 3.22. The summed E-state index contributed by atoms with van der Waals surface area (Å²) in [5, 5.41) is 17.2. The van der Waals surface area contributed by atoms with Crippen molar-refractivity contribution in [2.75, 3.05) is 0 Å². The largest absolute Gasteiger partial charge is 0.485 e. The Hall–Kier alpha value is -2.74. The molecule has 0 aliphatic rings. The van der Waals surface area contributed by atoms with E-state index in [0.29, 0.717) is 5.82 Å². The summed E-state index contributed by atoms with van der Waals surface area (Å²) in [4.78, 5) is 14.9. The normalized spacial score (nSPS) is 12.6. The van der Waals surface area contributed by atoms with Crippen LogP contribution in [0.4, 0.5) is 0 Å². The molecule has 0 radical (unpaired) electrons. The quantitative estimate of drug-likeness (QED) is 0.675. The minimum Gasteiger partial charge on any atom is -0.485 e. The summed E-state index contributed by atoms with van der Waals surface area (Å²) in [5.41, 5.74) is -0.106. The minimum atomic E-state index is -0.156. The molecule has 0 fully saturated rings. The number of ether oxygens (including phenoxy) is 1. The van der Waals surface area contributed by atoms with Gasteiger partial charge >= 0.3 is 0 Å². The van der Waals surface area contributed by atoms with E-state index in [1.54, 1.807) is 11.3 Å². The molecule has 1 N–H and O–H groups in total. The van der Waals surface area contributed by atoms with Crippen LogP contribution in [0.5, 0.6) is 5.75 Å². The minimum absolute atomic E-state index is 0.0102. The Bertz CT molecular complexity index is 856. The summed E-state index contributed by atoms with van der Waals surface area (Å²) in [6.45, 7) is 6.51. The first-order chi connectivity index (χ1) is 12.9. The summed E-state index contributed by atoms with van der Waals surface area (Å²) in [5.74, 6) is 1.00. The fourth-order valence-electron chi connectivity index (χ4n) is 2.57. The number of carbonyl (C=O) groups excluding carboxylic acids is 1. The van der Waals surface area contributed by atoms with Gasteiger partial charge in [-0.3, -0.25) is 4.79 Å². The first kappa shape index (κ1) is 19.0. The van der Waals surface area contributed by atoms with Gasteiger partial charge in [0, 0.05) is 4.88 Å². The van der Waals surface area contributed by atoms with E-state index >= 15 is 0 Å². The maximum Gasteiger partial charge on any atom is 0.244 e. The van der Waals surface area contributed by atoms with E-state index in [2.05, 4.69) is 41.5 Å². The molecule has 7 nitrogen and oxygen atoms in total. The van der Waals surface area contributed by atoms with Crippen molar-refractivity contribution in [3.63, 3.8) is 0 Å². The monoisotopic (exact) mass is 385 g/mol. The summed E-state index contributed by atoms with van der Waals surface area (Å²) < 4.78 is 5.59. The molecule has 0 spiro atoms. The van der Waals surface area contributed by atoms with E-state index in [9.17, 15) is 4.79 Å². The van der Waals surface area contributed by atoms with Gasteiger partial charge in [0.2, 0.25) is 11.7 Å². The number of carbonyl (C=O) groups is 1. The van der Waals surface area contributed by atoms with Gasteiger partial charge in [-0.15, -0.1) is 21.5 Å². The maximum atomic E-state index is 12.5. The predicted molar refractivity (Wildman–Crippen MR) is 103 cm³/mol. The van der Waals surface area contributed by atoms with Crippen LogP contribution in [0.1, 0.15) is 37.5 Å². The van der Waals surface area contributed by atoms with Crippen LogP contribution >= 0.6 is 11.3 Å². The van der Waals surface area contributed by atoms with Gasteiger partial charge in [0.1, 0.15) is 12.3 Å². The standard InChI is InChI=1S/C19H23N5O2S/c1-19(2,3)18(15-10-7-11-27-15)20-17(25)12-24-22-16(21-23-24)13-26-14-8-5-4-6-9-14/h4-11,18H,12-13H2,1-3H3,(H,20,25)/t18-/m0/s1. The van der Waals surface area contributed by atoms with E-state index in [-0.39, 0.29) is 30.5 Å². The molecule has 2 aromatic heterocycles. The summed E-state index contributed by atoms with van der Waals surface area (Å²) in [6.07, 6.45) is 0. The van der Waals surface area contributed by atoms with Crippen molar-refractivity contribution in [2.45, 2.75) is 40.0 Å². The van der Waals surface area contributed by atoms with Gasteiger partial charge in [0.15, 0.2) is 6.61 Å². The average Bonchev–Trinajstić information content (AvgIpc) is 3.30. The van der Waals surface area contributed by atoms with Crippen molar-refractivity contribution in [2.24, 2.45) is 5.41 Å². The van der Waals surface area contributed by atoms with Gasteiger partial charge in [-0.05, 0) is 34.2 Å². The van der Waals surface area contributed by atoms with Crippen LogP contribution in [0.2, 0.25) is 0 Å². The van der Waals surface area contributed by atoms with E-state index in [1.807, 2.05) is 47.8 Å². The molecular formula is C19H23N5O2S. The van der Waals surface area contributed by atoms with Crippen LogP contribution < -0.4 is 10.1 Å². The SMILES string of the molecule is CC(C)(C)[C@@H](NC(=O)Cn1nnc(COc2ccccc2)n1)c1cccs1. The van der Waals surface area contributed by atoms with Gasteiger partial charge in [0.05, 0.1) is 6.04 Å². The van der Waals surface area contributed by atoms with Crippen LogP contribution in [-0.2, 0) is 17.9 Å². The highest BCUT2D eigenvalue weighted by Crippen LogP contribution is 2.35. The topological polar surface area (TPSA) is 81.9 Å². The number of thiophene rings is 1. The Kier molecular flexibility index (Phi) is 5.85. The zero-order valence-electron chi connectivity index (χ0n) is 15.6. The fraction of sp³-hybridized carbons (Fsp3) is 0.368. The molecule has 0 unspecified atom stereocenters. The Morgan fingerprint density at radius 1 is 1.22 bits per heavy atom. The van der Waals surface area contributed by atoms with Crippen LogP contribution in [0, 0.1) is 5.41 Å². The number of rotatable bonds is 7. The molecule has 1 aromatic carbocycles. The highest BCUT2D eigenvalue weighted by molar-refractivity contribution is 7.10. The number of benzene rings is 1. The third-order valence-corrected chi connectivity index (χ3v) is 4.83. The van der Waals surface area contributed by atoms with Gasteiger partial charge < -0.3 is 10.1 Å². The Labute approximate surface area is 162 Å². The highest BCUT2D eigenvalue weighted by Gasteiger charge is 2.28. The smallest absolute Gasteiger partial charge is 0.244 e. The van der Waals surface area contributed by atoms with Crippen LogP contribution in [0.25, 0.3) is 0 Å². The molecule has 2 heterocycles. The van der Waals surface area contributed by atoms with Crippen molar-refractivity contribution >= 4 is 17.2 Å². The van der Waals surface area contributed by atoms with Crippen molar-refractivity contribution in [3.8, 4) is 5.75 Å². The molecule has 8 heteroatoms. The molecule has 0 saturated heterocycles. The number of tetrazole rings is 1. The Morgan fingerprint density at radius 3 is 2.67 bits per heavy atom. The number of hydrogen-bond acceptors (Lipinski definition) is 6. The zero-order chi connectivity index (χ0) is 19.3. The lowest BCUT2D eigenvalue weighted by Gasteiger charge is -2.30. The average molecular weight is 385 g/mol. The lowest BCUT2D eigenvalue weighted by molar-refractivity contribution is -0.123. The molecule has 3 aromatic rings. The van der Waals surface area contributed by atoms with E-state index < -0.39 is 0 Å². The second kappa shape index (κ2) is 8.30. The van der Waals surface area contributed by atoms with Gasteiger partial charge in [0.25, 0.3) is 0 Å². The molecular weight excluding hydrogens is 362 g/mol. The summed E-state index contributed by atoms with van der Waals surface area (Å²) >= 11 is 1.63. The molecule has 1 amide bonds. The van der Waals surface area contributed by atoms with Crippen molar-refractivity contribution in [1.29, 1.82) is 0 Å². The molecule has 0 saturated carbocycles. The number of hydrogen-bond donors (Lipinski definition) is 1. The fourth-order valence-corrected chi connectivity index (χ4v) is 3.59. The molecule has 1 atom stereocenters. The van der Waals surface area contributed by atoms with Gasteiger partial charge in [-0.1, -0.05) is 45.0 Å². The summed E-state index contributed by atoms with van der Waals surface area (Å²) in [6, 6.07) is 13.4. The van der Waals surface area contributed by atoms with E-state index in [1.165, 1.54) is 4.80 Å². The number of para-hydroxylation sites is 1. The molecule has 142 valence electrons. The third-order valence-electron chi connectivity index (χ3n) is 3.89. The number of nitrogens with one attached hydrogen (secondary N) is 1. The molecule has 0 bridgehead atoms. The Morgan fingerprint density at radius 2 is 2.00 bits per heavy atom. The number of amides is 1. The molecule has 0 aliphatic heterocycles. The lowest BCUT2D eigenvalue weighted by Crippen LogP contribution is -2.38. The van der Waals surface area contributed by atoms with Gasteiger partial charge in [-0.25, -0.2) is 0 Å². The Balaban J connectivity index is 1.57. The van der Waals surface area contributed by atoms with Crippen LogP contribution in [0.15, 0.2) is 47.8 Å². The molecule has 27 heavy (non-hydrogen) atoms. The molecule has 3 rings (SSSR count). The van der Waals surface area contributed by atoms with Crippen LogP contribution in [-0.4, -0.2) is 26.1 Å². The summed E-state index contributed by atoms with van der Waals surface area (Å²) in [7, 11) is 0. The second-order valence-electron chi connectivity index (χ2n) is 7.22. The first-order valence-corrected chi connectivity index (χ1v) is 9.57. The van der Waals surface area contributed by atoms with Crippen molar-refractivity contribution in [1.82, 2.24) is 25.5 Å². The third kappa shape index (κ3) is 5.37. The van der Waals surface area contributed by atoms with Crippen molar-refractivity contribution in [3.05, 3.63) is 58.5 Å². The molecule has 0 aliphatic carbocycles. The highest BCUT2D eigenvalue weighted by atomic mass is 32.1. The van der Waals surface area contributed by atoms with E-state index in [0.717, 1.165) is 10.6 Å². The zero-order valence-corrected chi connectivity index (χ0v) is 16.4. The van der Waals surface area contributed by atoms with Crippen molar-refractivity contribution < 1.29 is 9.53 Å². The van der Waals surface area contributed by atoms with E-state index in [4.69, 9.17) is 4.74 Å². The number of aromatic nitrogens is 4. The maximum absolute atomic E-state index is 12.5. The second-order valence-corrected chi connectivity index (χ2v) is 8.20. The lowest BCUT2D eigenvalue weighted by atomic mass is 9.86. The number of nitrogens with zero attached hydrogens (tertiary/aromatic N) is 4. The van der Waals surface area contributed by atoms with Gasteiger partial charge in [-0.2, -0.15) is 4.80 Å². The first-order valence-electron chi connectivity index (χ1n) is 8.69. The van der Waals surface area contributed by atoms with Crippen LogP contribution in [0.3, 0.4) is 0 Å².